The monoisotopic (exact) mass is 260 g/mol. The van der Waals surface area contributed by atoms with Gasteiger partial charge in [-0.2, -0.15) is 0 Å². The van der Waals surface area contributed by atoms with Crippen LogP contribution in [0.4, 0.5) is 0 Å². The first kappa shape index (κ1) is 16.7. The molecule has 0 heterocycles. The third-order valence-corrected chi connectivity index (χ3v) is 2.00. The molecule has 0 aliphatic carbocycles. The van der Waals surface area contributed by atoms with Crippen LogP contribution in [0.2, 0.25) is 0 Å². The number of carbonyl (C=O) groups is 1. The van der Waals surface area contributed by atoms with Crippen LogP contribution in [0.25, 0.3) is 0 Å². The van der Waals surface area contributed by atoms with Gasteiger partial charge in [0.05, 0.1) is 6.61 Å². The summed E-state index contributed by atoms with van der Waals surface area (Å²) in [7, 11) is 1.58. The van der Waals surface area contributed by atoms with Crippen molar-refractivity contribution in [2.75, 3.05) is 46.6 Å². The Bertz CT molecular complexity index is 246. The van der Waals surface area contributed by atoms with Gasteiger partial charge in [0.2, 0.25) is 5.91 Å². The summed E-state index contributed by atoms with van der Waals surface area (Å²) in [6, 6.07) is 0. The summed E-state index contributed by atoms with van der Waals surface area (Å²) in [6.45, 7) is 5.02. The first-order valence-corrected chi connectivity index (χ1v) is 6.07. The molecule has 0 spiro atoms. The summed E-state index contributed by atoms with van der Waals surface area (Å²) < 4.78 is 9.98. The van der Waals surface area contributed by atoms with Gasteiger partial charge in [-0.3, -0.25) is 4.79 Å². The highest BCUT2D eigenvalue weighted by Gasteiger charge is 1.99. The quantitative estimate of drug-likeness (QED) is 0.268. The van der Waals surface area contributed by atoms with Crippen LogP contribution >= 0.6 is 0 Å². The third-order valence-electron chi connectivity index (χ3n) is 2.00. The highest BCUT2D eigenvalue weighted by atomic mass is 16.5. The van der Waals surface area contributed by atoms with Crippen LogP contribution in [-0.2, 0) is 14.3 Å². The van der Waals surface area contributed by atoms with Crippen molar-refractivity contribution >= 4 is 11.9 Å². The topological polar surface area (TPSA) is 98.0 Å². The van der Waals surface area contributed by atoms with E-state index in [1.54, 1.807) is 7.11 Å². The maximum Gasteiger partial charge on any atom is 0.241 e. The Hall–Kier alpha value is -1.34. The maximum atomic E-state index is 11.3. The Morgan fingerprint density at radius 1 is 1.28 bits per heavy atom. The fourth-order valence-electron chi connectivity index (χ4n) is 1.10. The Morgan fingerprint density at radius 2 is 2.06 bits per heavy atom. The van der Waals surface area contributed by atoms with Gasteiger partial charge in [0.1, 0.15) is 6.54 Å². The minimum Gasteiger partial charge on any atom is -0.383 e. The number of methoxy groups -OCH3 is 1. The molecule has 7 heteroatoms. The molecule has 0 aliphatic rings. The van der Waals surface area contributed by atoms with Crippen molar-refractivity contribution in [2.24, 2.45) is 10.7 Å². The molecule has 0 saturated heterocycles. The molecule has 0 unspecified atom stereocenters. The molecule has 106 valence electrons. The van der Waals surface area contributed by atoms with Crippen molar-refractivity contribution in [3.05, 3.63) is 0 Å². The van der Waals surface area contributed by atoms with E-state index in [0.29, 0.717) is 32.9 Å². The summed E-state index contributed by atoms with van der Waals surface area (Å²) in [5, 5.41) is 5.56. The Kier molecular flexibility index (Phi) is 11.2. The number of hydrogen-bond donors (Lipinski definition) is 3. The number of nitrogens with one attached hydrogen (secondary N) is 2. The lowest BCUT2D eigenvalue weighted by Crippen LogP contribution is -2.35. The van der Waals surface area contributed by atoms with Gasteiger partial charge in [0.25, 0.3) is 0 Å². The number of rotatable bonds is 10. The molecule has 4 N–H and O–H groups in total. The average molecular weight is 260 g/mol. The smallest absolute Gasteiger partial charge is 0.241 e. The second-order valence-electron chi connectivity index (χ2n) is 3.52. The molecular weight excluding hydrogens is 236 g/mol. The molecule has 0 aromatic heterocycles. The lowest BCUT2D eigenvalue weighted by molar-refractivity contribution is -0.119. The molecule has 7 nitrogen and oxygen atoms in total. The van der Waals surface area contributed by atoms with Crippen molar-refractivity contribution in [1.29, 1.82) is 0 Å². The zero-order valence-corrected chi connectivity index (χ0v) is 11.2. The average Bonchev–Trinajstić information content (AvgIpc) is 2.36. The zero-order valence-electron chi connectivity index (χ0n) is 11.2. The molecule has 18 heavy (non-hydrogen) atoms. The fraction of sp³-hybridized carbons (Fsp3) is 0.818. The van der Waals surface area contributed by atoms with Crippen molar-refractivity contribution in [3.63, 3.8) is 0 Å². The van der Waals surface area contributed by atoms with E-state index < -0.39 is 0 Å². The number of nitrogens with two attached hydrogens (primary N) is 1. The number of hydrogen-bond acceptors (Lipinski definition) is 4. The van der Waals surface area contributed by atoms with Gasteiger partial charge < -0.3 is 25.8 Å². The maximum absolute atomic E-state index is 11.3. The van der Waals surface area contributed by atoms with E-state index in [0.717, 1.165) is 6.42 Å². The van der Waals surface area contributed by atoms with Crippen LogP contribution < -0.4 is 16.4 Å². The van der Waals surface area contributed by atoms with Crippen LogP contribution in [0.1, 0.15) is 13.3 Å². The summed E-state index contributed by atoms with van der Waals surface area (Å²) in [6.07, 6.45) is 0.851. The van der Waals surface area contributed by atoms with Crippen molar-refractivity contribution in [1.82, 2.24) is 10.6 Å². The predicted octanol–water partition coefficient (Wildman–Crippen LogP) is -0.920. The van der Waals surface area contributed by atoms with Crippen molar-refractivity contribution in [3.8, 4) is 0 Å². The van der Waals surface area contributed by atoms with Crippen molar-refractivity contribution < 1.29 is 14.3 Å². The summed E-state index contributed by atoms with van der Waals surface area (Å²) in [5.74, 6) is 0.0968. The van der Waals surface area contributed by atoms with Gasteiger partial charge in [-0.1, -0.05) is 0 Å². The van der Waals surface area contributed by atoms with E-state index in [-0.39, 0.29) is 18.4 Å². The number of aliphatic imine (C=N–C) groups is 1. The minimum atomic E-state index is -0.175. The van der Waals surface area contributed by atoms with Crippen LogP contribution in [0.15, 0.2) is 4.99 Å². The van der Waals surface area contributed by atoms with Crippen LogP contribution in [0.5, 0.6) is 0 Å². The highest BCUT2D eigenvalue weighted by molar-refractivity contribution is 5.83. The van der Waals surface area contributed by atoms with Gasteiger partial charge >= 0.3 is 0 Å². The first-order valence-electron chi connectivity index (χ1n) is 6.07. The normalized spacial score (nSPS) is 11.3. The van der Waals surface area contributed by atoms with Gasteiger partial charge in [-0.25, -0.2) is 4.99 Å². The number of amides is 1. The zero-order chi connectivity index (χ0) is 13.6. The Balaban J connectivity index is 3.53. The molecule has 0 saturated carbocycles. The van der Waals surface area contributed by atoms with Crippen LogP contribution in [0, 0.1) is 0 Å². The minimum absolute atomic E-state index is 0.0218. The van der Waals surface area contributed by atoms with Gasteiger partial charge in [-0.05, 0) is 13.3 Å². The van der Waals surface area contributed by atoms with E-state index in [1.807, 2.05) is 6.92 Å². The first-order chi connectivity index (χ1) is 8.70. The van der Waals surface area contributed by atoms with E-state index in [1.165, 1.54) is 0 Å². The van der Waals surface area contributed by atoms with Gasteiger partial charge in [0.15, 0.2) is 5.96 Å². The second kappa shape index (κ2) is 12.1. The Morgan fingerprint density at radius 3 is 2.72 bits per heavy atom. The van der Waals surface area contributed by atoms with Gasteiger partial charge in [-0.15, -0.1) is 0 Å². The fourth-order valence-corrected chi connectivity index (χ4v) is 1.10. The molecule has 0 aliphatic heterocycles. The molecule has 0 radical (unpaired) electrons. The van der Waals surface area contributed by atoms with E-state index >= 15 is 0 Å². The standard InChI is InChI=1S/C11H24N4O3/c1-3-18-7-4-5-14-11(12)15-9-10(16)13-6-8-17-2/h3-9H2,1-2H3,(H,13,16)(H3,12,14,15). The molecule has 0 aromatic rings. The number of carbonyl (C=O) groups excluding carboxylic acids is 1. The van der Waals surface area contributed by atoms with Crippen LogP contribution in [-0.4, -0.2) is 58.4 Å². The third kappa shape index (κ3) is 11.2. The number of nitrogens with zero attached hydrogens (tertiary/aromatic N) is 1. The van der Waals surface area contributed by atoms with E-state index in [9.17, 15) is 4.79 Å². The van der Waals surface area contributed by atoms with Gasteiger partial charge in [0, 0.05) is 33.4 Å². The molecule has 0 atom stereocenters. The van der Waals surface area contributed by atoms with E-state index in [4.69, 9.17) is 15.2 Å². The van der Waals surface area contributed by atoms with Crippen LogP contribution in [0.3, 0.4) is 0 Å². The molecule has 1 amide bonds. The number of guanidine groups is 1. The summed E-state index contributed by atoms with van der Waals surface area (Å²) in [4.78, 5) is 15.2. The number of ether oxygens (including phenoxy) is 2. The summed E-state index contributed by atoms with van der Waals surface area (Å²) in [5.41, 5.74) is 5.58. The lowest BCUT2D eigenvalue weighted by atomic mass is 10.4. The SMILES string of the molecule is CCOCCCNC(N)=NCC(=O)NCCOC. The second-order valence-corrected chi connectivity index (χ2v) is 3.52. The largest absolute Gasteiger partial charge is 0.383 e. The highest BCUT2D eigenvalue weighted by Crippen LogP contribution is 1.80. The predicted molar refractivity (Wildman–Crippen MR) is 70.5 cm³/mol. The van der Waals surface area contributed by atoms with Crippen molar-refractivity contribution in [2.45, 2.75) is 13.3 Å². The molecule has 0 bridgehead atoms. The lowest BCUT2D eigenvalue weighted by Gasteiger charge is -2.06. The summed E-state index contributed by atoms with van der Waals surface area (Å²) >= 11 is 0. The molecule has 0 fully saturated rings. The molecular formula is C11H24N4O3. The molecule has 0 rings (SSSR count). The molecule has 0 aromatic carbocycles. The van der Waals surface area contributed by atoms with E-state index in [2.05, 4.69) is 15.6 Å². The Labute approximate surface area is 108 Å².